The van der Waals surface area contributed by atoms with Gasteiger partial charge in [0.15, 0.2) is 0 Å². The van der Waals surface area contributed by atoms with Gasteiger partial charge in [-0.15, -0.1) is 0 Å². The molecular weight excluding hydrogens is 320 g/mol. The summed E-state index contributed by atoms with van der Waals surface area (Å²) in [7, 11) is 0. The summed E-state index contributed by atoms with van der Waals surface area (Å²) in [5.41, 5.74) is 4.93. The lowest BCUT2D eigenvalue weighted by atomic mass is 10.0. The maximum Gasteiger partial charge on any atom is 0.226 e. The molecule has 3 nitrogen and oxygen atoms in total. The third-order valence-corrected chi connectivity index (χ3v) is 5.30. The van der Waals surface area contributed by atoms with Crippen LogP contribution < -0.4 is 4.90 Å². The van der Waals surface area contributed by atoms with Crippen LogP contribution in [0.5, 0.6) is 0 Å². The maximum atomic E-state index is 12.6. The monoisotopic (exact) mass is 350 g/mol. The third-order valence-electron chi connectivity index (χ3n) is 5.30. The van der Waals surface area contributed by atoms with Gasteiger partial charge in [-0.25, -0.2) is 0 Å². The highest BCUT2D eigenvalue weighted by Crippen LogP contribution is 2.26. The zero-order valence-corrected chi connectivity index (χ0v) is 16.2. The van der Waals surface area contributed by atoms with Crippen molar-refractivity contribution in [2.45, 2.75) is 52.6 Å². The Balaban J connectivity index is 1.66. The number of likely N-dealkylation sites (tertiary alicyclic amines) is 1. The van der Waals surface area contributed by atoms with E-state index in [1.807, 2.05) is 13.0 Å². The highest BCUT2D eigenvalue weighted by molar-refractivity contribution is 5.93. The van der Waals surface area contributed by atoms with E-state index in [0.717, 1.165) is 38.2 Å². The Bertz CT molecular complexity index is 730. The summed E-state index contributed by atoms with van der Waals surface area (Å²) in [4.78, 5) is 17.2. The fourth-order valence-corrected chi connectivity index (χ4v) is 3.79. The van der Waals surface area contributed by atoms with Crippen LogP contribution in [0.4, 0.5) is 5.69 Å². The van der Waals surface area contributed by atoms with E-state index in [1.54, 1.807) is 0 Å². The fraction of sp³-hybridized carbons (Fsp3) is 0.435. The van der Waals surface area contributed by atoms with Crippen LogP contribution in [0.3, 0.4) is 0 Å². The molecule has 0 unspecified atom stereocenters. The minimum atomic E-state index is 0.229. The number of benzene rings is 2. The SMILES string of the molecule is CCC(=O)N(c1cccc(C)c1)C1CCN(Cc2ccc(C)cc2)CC1. The molecule has 0 aliphatic carbocycles. The van der Waals surface area contributed by atoms with E-state index in [1.165, 1.54) is 16.7 Å². The van der Waals surface area contributed by atoms with Crippen molar-refractivity contribution in [2.75, 3.05) is 18.0 Å². The fourth-order valence-electron chi connectivity index (χ4n) is 3.79. The van der Waals surface area contributed by atoms with Crippen LogP contribution in [-0.2, 0) is 11.3 Å². The lowest BCUT2D eigenvalue weighted by Crippen LogP contribution is -2.47. The zero-order chi connectivity index (χ0) is 18.5. The molecule has 138 valence electrons. The summed E-state index contributed by atoms with van der Waals surface area (Å²) in [5, 5.41) is 0. The average Bonchev–Trinajstić information content (AvgIpc) is 2.65. The molecule has 0 N–H and O–H groups in total. The molecule has 0 atom stereocenters. The van der Waals surface area contributed by atoms with Gasteiger partial charge in [0.05, 0.1) is 0 Å². The number of carbonyl (C=O) groups excluding carboxylic acids is 1. The van der Waals surface area contributed by atoms with Crippen LogP contribution in [0.15, 0.2) is 48.5 Å². The van der Waals surface area contributed by atoms with Gasteiger partial charge in [0, 0.05) is 37.8 Å². The van der Waals surface area contributed by atoms with Crippen molar-refractivity contribution in [2.24, 2.45) is 0 Å². The first-order valence-electron chi connectivity index (χ1n) is 9.73. The van der Waals surface area contributed by atoms with E-state index in [9.17, 15) is 4.79 Å². The van der Waals surface area contributed by atoms with E-state index in [-0.39, 0.29) is 5.91 Å². The number of amides is 1. The zero-order valence-electron chi connectivity index (χ0n) is 16.2. The van der Waals surface area contributed by atoms with E-state index in [2.05, 4.69) is 66.1 Å². The minimum absolute atomic E-state index is 0.229. The van der Waals surface area contributed by atoms with E-state index >= 15 is 0 Å². The number of hydrogen-bond donors (Lipinski definition) is 0. The summed E-state index contributed by atoms with van der Waals surface area (Å²) in [6.45, 7) is 9.24. The highest BCUT2D eigenvalue weighted by atomic mass is 16.2. The van der Waals surface area contributed by atoms with Gasteiger partial charge in [0.1, 0.15) is 0 Å². The van der Waals surface area contributed by atoms with Crippen molar-refractivity contribution in [3.05, 3.63) is 65.2 Å². The lowest BCUT2D eigenvalue weighted by molar-refractivity contribution is -0.119. The molecule has 2 aromatic rings. The molecule has 0 spiro atoms. The first-order valence-corrected chi connectivity index (χ1v) is 9.73. The number of anilines is 1. The van der Waals surface area contributed by atoms with Crippen LogP contribution in [0, 0.1) is 13.8 Å². The van der Waals surface area contributed by atoms with Gasteiger partial charge >= 0.3 is 0 Å². The molecule has 3 heteroatoms. The van der Waals surface area contributed by atoms with Gasteiger partial charge < -0.3 is 4.90 Å². The Morgan fingerprint density at radius 3 is 2.35 bits per heavy atom. The second-order valence-electron chi connectivity index (χ2n) is 7.45. The van der Waals surface area contributed by atoms with Crippen molar-refractivity contribution in [1.29, 1.82) is 0 Å². The van der Waals surface area contributed by atoms with Gasteiger partial charge in [-0.1, -0.05) is 48.9 Å². The van der Waals surface area contributed by atoms with Gasteiger partial charge in [0.25, 0.3) is 0 Å². The van der Waals surface area contributed by atoms with Crippen molar-refractivity contribution >= 4 is 11.6 Å². The maximum absolute atomic E-state index is 12.6. The molecule has 0 radical (unpaired) electrons. The smallest absolute Gasteiger partial charge is 0.226 e. The normalized spacial score (nSPS) is 15.8. The summed E-state index contributed by atoms with van der Waals surface area (Å²) in [6, 6.07) is 17.4. The topological polar surface area (TPSA) is 23.6 Å². The summed E-state index contributed by atoms with van der Waals surface area (Å²) in [6.07, 6.45) is 2.62. The Labute approximate surface area is 157 Å². The number of piperidine rings is 1. The van der Waals surface area contributed by atoms with Crippen LogP contribution in [-0.4, -0.2) is 29.9 Å². The Kier molecular flexibility index (Phi) is 6.10. The van der Waals surface area contributed by atoms with E-state index in [0.29, 0.717) is 12.5 Å². The Morgan fingerprint density at radius 2 is 1.73 bits per heavy atom. The third kappa shape index (κ3) is 4.53. The predicted molar refractivity (Wildman–Crippen MR) is 108 cm³/mol. The highest BCUT2D eigenvalue weighted by Gasteiger charge is 2.28. The molecule has 1 fully saturated rings. The van der Waals surface area contributed by atoms with Gasteiger partial charge in [-0.05, 0) is 49.9 Å². The number of aryl methyl sites for hydroxylation is 2. The molecule has 0 saturated carbocycles. The first-order chi connectivity index (χ1) is 12.6. The molecule has 1 aliphatic rings. The van der Waals surface area contributed by atoms with E-state index in [4.69, 9.17) is 0 Å². The molecule has 1 heterocycles. The van der Waals surface area contributed by atoms with Crippen molar-refractivity contribution in [3.63, 3.8) is 0 Å². The number of nitrogens with zero attached hydrogens (tertiary/aromatic N) is 2. The van der Waals surface area contributed by atoms with Gasteiger partial charge in [-0.3, -0.25) is 9.69 Å². The van der Waals surface area contributed by atoms with Crippen LogP contribution in [0.25, 0.3) is 0 Å². The largest absolute Gasteiger partial charge is 0.309 e. The second-order valence-corrected chi connectivity index (χ2v) is 7.45. The van der Waals surface area contributed by atoms with Crippen molar-refractivity contribution < 1.29 is 4.79 Å². The quantitative estimate of drug-likeness (QED) is 0.779. The number of rotatable bonds is 5. The first kappa shape index (κ1) is 18.7. The molecule has 1 amide bonds. The van der Waals surface area contributed by atoms with Gasteiger partial charge in [0.2, 0.25) is 5.91 Å². The predicted octanol–water partition coefficient (Wildman–Crippen LogP) is 4.71. The molecule has 1 aliphatic heterocycles. The molecule has 0 aromatic heterocycles. The number of hydrogen-bond acceptors (Lipinski definition) is 2. The van der Waals surface area contributed by atoms with Gasteiger partial charge in [-0.2, -0.15) is 0 Å². The standard InChI is InChI=1S/C23H30N2O/c1-4-23(26)25(22-7-5-6-19(3)16-22)21-12-14-24(15-13-21)17-20-10-8-18(2)9-11-20/h5-11,16,21H,4,12-15,17H2,1-3H3. The molecule has 3 rings (SSSR count). The minimum Gasteiger partial charge on any atom is -0.309 e. The number of carbonyl (C=O) groups is 1. The van der Waals surface area contributed by atoms with E-state index < -0.39 is 0 Å². The van der Waals surface area contributed by atoms with Crippen LogP contribution in [0.2, 0.25) is 0 Å². The molecule has 26 heavy (non-hydrogen) atoms. The molecular formula is C23H30N2O. The summed E-state index contributed by atoms with van der Waals surface area (Å²) >= 11 is 0. The van der Waals surface area contributed by atoms with Crippen LogP contribution >= 0.6 is 0 Å². The molecule has 2 aromatic carbocycles. The average molecular weight is 351 g/mol. The van der Waals surface area contributed by atoms with Crippen molar-refractivity contribution in [3.8, 4) is 0 Å². The Morgan fingerprint density at radius 1 is 1.04 bits per heavy atom. The lowest BCUT2D eigenvalue weighted by Gasteiger charge is -2.38. The Hall–Kier alpha value is -2.13. The summed E-state index contributed by atoms with van der Waals surface area (Å²) < 4.78 is 0. The van der Waals surface area contributed by atoms with Crippen LogP contribution in [0.1, 0.15) is 42.9 Å². The second kappa shape index (κ2) is 8.50. The van der Waals surface area contributed by atoms with Crippen molar-refractivity contribution in [1.82, 2.24) is 4.90 Å². The molecule has 1 saturated heterocycles. The molecule has 0 bridgehead atoms. The summed E-state index contributed by atoms with van der Waals surface area (Å²) in [5.74, 6) is 0.229.